The highest BCUT2D eigenvalue weighted by molar-refractivity contribution is 7.09. The Bertz CT molecular complexity index is 553. The first-order valence-electron chi connectivity index (χ1n) is 7.07. The number of hydrogen-bond acceptors (Lipinski definition) is 3. The molecule has 2 aromatic rings. The Hall–Kier alpha value is -1.68. The van der Waals surface area contributed by atoms with Crippen LogP contribution in [0.15, 0.2) is 41.9 Å². The highest BCUT2D eigenvalue weighted by Crippen LogP contribution is 2.31. The quantitative estimate of drug-likeness (QED) is 0.862. The van der Waals surface area contributed by atoms with E-state index in [0.717, 1.165) is 31.5 Å². The topological polar surface area (TPSA) is 33.2 Å². The summed E-state index contributed by atoms with van der Waals surface area (Å²) in [6.45, 7) is 0.866. The summed E-state index contributed by atoms with van der Waals surface area (Å²) < 4.78 is 0. The second-order valence-corrected chi connectivity index (χ2v) is 6.11. The van der Waals surface area contributed by atoms with E-state index in [4.69, 9.17) is 0 Å². The van der Waals surface area contributed by atoms with Crippen LogP contribution in [0.4, 0.5) is 0 Å². The number of amides is 1. The van der Waals surface area contributed by atoms with Gasteiger partial charge in [0.2, 0.25) is 5.91 Å². The molecule has 104 valence electrons. The van der Waals surface area contributed by atoms with Crippen molar-refractivity contribution in [3.8, 4) is 0 Å². The van der Waals surface area contributed by atoms with Gasteiger partial charge in [-0.15, -0.1) is 11.3 Å². The van der Waals surface area contributed by atoms with Gasteiger partial charge in [0.15, 0.2) is 0 Å². The van der Waals surface area contributed by atoms with E-state index in [1.807, 2.05) is 35.4 Å². The molecule has 2 aromatic heterocycles. The summed E-state index contributed by atoms with van der Waals surface area (Å²) in [5, 5.41) is 2.06. The van der Waals surface area contributed by atoms with Gasteiger partial charge in [-0.3, -0.25) is 9.78 Å². The summed E-state index contributed by atoms with van der Waals surface area (Å²) in [6.07, 6.45) is 5.36. The van der Waals surface area contributed by atoms with E-state index >= 15 is 0 Å². The minimum atomic E-state index is 0.173. The molecule has 4 heteroatoms. The summed E-state index contributed by atoms with van der Waals surface area (Å²) >= 11 is 1.72. The Morgan fingerprint density at radius 2 is 2.30 bits per heavy atom. The third kappa shape index (κ3) is 2.90. The zero-order valence-corrected chi connectivity index (χ0v) is 12.2. The normalized spacial score (nSPS) is 18.4. The van der Waals surface area contributed by atoms with Crippen LogP contribution in [0.1, 0.15) is 35.9 Å². The lowest BCUT2D eigenvalue weighted by atomic mass is 10.1. The molecule has 1 saturated heterocycles. The van der Waals surface area contributed by atoms with E-state index in [-0.39, 0.29) is 11.9 Å². The van der Waals surface area contributed by atoms with Crippen LogP contribution in [0.25, 0.3) is 0 Å². The Morgan fingerprint density at radius 3 is 3.05 bits per heavy atom. The first-order valence-corrected chi connectivity index (χ1v) is 7.95. The molecule has 1 aliphatic heterocycles. The van der Waals surface area contributed by atoms with Crippen molar-refractivity contribution in [2.75, 3.05) is 6.54 Å². The number of pyridine rings is 1. The SMILES string of the molecule is O=C(CCc1cccs1)N1CCCC1c1ccccn1. The number of thiophene rings is 1. The van der Waals surface area contributed by atoms with Gasteiger partial charge in [-0.25, -0.2) is 0 Å². The van der Waals surface area contributed by atoms with Gasteiger partial charge in [0.05, 0.1) is 11.7 Å². The van der Waals surface area contributed by atoms with Crippen LogP contribution in [0.5, 0.6) is 0 Å². The van der Waals surface area contributed by atoms with Crippen LogP contribution in [0.2, 0.25) is 0 Å². The zero-order valence-electron chi connectivity index (χ0n) is 11.4. The number of aryl methyl sites for hydroxylation is 1. The first kappa shape index (κ1) is 13.3. The molecule has 0 N–H and O–H groups in total. The van der Waals surface area contributed by atoms with Crippen LogP contribution >= 0.6 is 11.3 Å². The van der Waals surface area contributed by atoms with Crippen molar-refractivity contribution >= 4 is 17.2 Å². The second-order valence-electron chi connectivity index (χ2n) is 5.08. The first-order chi connectivity index (χ1) is 9.84. The van der Waals surface area contributed by atoms with Crippen molar-refractivity contribution in [1.29, 1.82) is 0 Å². The zero-order chi connectivity index (χ0) is 13.8. The molecule has 0 aromatic carbocycles. The summed E-state index contributed by atoms with van der Waals surface area (Å²) in [7, 11) is 0. The lowest BCUT2D eigenvalue weighted by Crippen LogP contribution is -2.31. The predicted molar refractivity (Wildman–Crippen MR) is 80.6 cm³/mol. The number of rotatable bonds is 4. The fourth-order valence-corrected chi connectivity index (χ4v) is 3.48. The molecule has 0 radical (unpaired) electrons. The van der Waals surface area contributed by atoms with Gasteiger partial charge in [0, 0.05) is 24.0 Å². The maximum absolute atomic E-state index is 12.4. The van der Waals surface area contributed by atoms with E-state index in [1.165, 1.54) is 4.88 Å². The molecule has 1 aliphatic rings. The summed E-state index contributed by atoms with van der Waals surface area (Å²) in [4.78, 5) is 20.1. The van der Waals surface area contributed by atoms with Crippen molar-refractivity contribution in [2.24, 2.45) is 0 Å². The van der Waals surface area contributed by atoms with Gasteiger partial charge in [-0.05, 0) is 42.8 Å². The molecule has 0 saturated carbocycles. The Kier molecular flexibility index (Phi) is 4.11. The van der Waals surface area contributed by atoms with Gasteiger partial charge >= 0.3 is 0 Å². The summed E-state index contributed by atoms with van der Waals surface area (Å²) in [5.41, 5.74) is 1.02. The molecule has 1 unspecified atom stereocenters. The standard InChI is InChI=1S/C16H18N2OS/c19-16(9-8-13-5-4-12-20-13)18-11-3-7-15(18)14-6-1-2-10-17-14/h1-2,4-6,10,12,15H,3,7-9,11H2. The maximum atomic E-state index is 12.4. The molecular weight excluding hydrogens is 268 g/mol. The van der Waals surface area contributed by atoms with Crippen LogP contribution in [-0.2, 0) is 11.2 Å². The molecule has 1 atom stereocenters. The van der Waals surface area contributed by atoms with E-state index < -0.39 is 0 Å². The summed E-state index contributed by atoms with van der Waals surface area (Å²) in [5.74, 6) is 0.256. The lowest BCUT2D eigenvalue weighted by Gasteiger charge is -2.24. The third-order valence-electron chi connectivity index (χ3n) is 3.77. The number of carbonyl (C=O) groups excluding carboxylic acids is 1. The molecular formula is C16H18N2OS. The van der Waals surface area contributed by atoms with Crippen molar-refractivity contribution in [1.82, 2.24) is 9.88 Å². The van der Waals surface area contributed by atoms with Crippen LogP contribution in [-0.4, -0.2) is 22.3 Å². The molecule has 3 rings (SSSR count). The van der Waals surface area contributed by atoms with Gasteiger partial charge in [0.25, 0.3) is 0 Å². The third-order valence-corrected chi connectivity index (χ3v) is 4.70. The van der Waals surface area contributed by atoms with Gasteiger partial charge < -0.3 is 4.90 Å². The average molecular weight is 286 g/mol. The molecule has 1 fully saturated rings. The fourth-order valence-electron chi connectivity index (χ4n) is 2.77. The van der Waals surface area contributed by atoms with Gasteiger partial charge in [0.1, 0.15) is 0 Å². The minimum absolute atomic E-state index is 0.173. The number of hydrogen-bond donors (Lipinski definition) is 0. The van der Waals surface area contributed by atoms with Crippen molar-refractivity contribution in [2.45, 2.75) is 31.7 Å². The Labute approximate surface area is 123 Å². The van der Waals surface area contributed by atoms with Crippen molar-refractivity contribution < 1.29 is 4.79 Å². The molecule has 0 aliphatic carbocycles. The maximum Gasteiger partial charge on any atom is 0.223 e. The molecule has 3 heterocycles. The monoisotopic (exact) mass is 286 g/mol. The van der Waals surface area contributed by atoms with E-state index in [1.54, 1.807) is 11.3 Å². The predicted octanol–water partition coefficient (Wildman–Crippen LogP) is 3.44. The number of likely N-dealkylation sites (tertiary alicyclic amines) is 1. The molecule has 3 nitrogen and oxygen atoms in total. The Balaban J connectivity index is 1.64. The summed E-state index contributed by atoms with van der Waals surface area (Å²) in [6, 6.07) is 10.2. The molecule has 0 bridgehead atoms. The highest BCUT2D eigenvalue weighted by Gasteiger charge is 2.30. The average Bonchev–Trinajstić information content (AvgIpc) is 3.17. The van der Waals surface area contributed by atoms with Gasteiger partial charge in [-0.1, -0.05) is 12.1 Å². The smallest absolute Gasteiger partial charge is 0.223 e. The van der Waals surface area contributed by atoms with Crippen LogP contribution < -0.4 is 0 Å². The number of aromatic nitrogens is 1. The molecule has 1 amide bonds. The molecule has 0 spiro atoms. The minimum Gasteiger partial charge on any atom is -0.334 e. The van der Waals surface area contributed by atoms with Gasteiger partial charge in [-0.2, -0.15) is 0 Å². The lowest BCUT2D eigenvalue weighted by molar-refractivity contribution is -0.132. The number of nitrogens with zero attached hydrogens (tertiary/aromatic N) is 2. The second kappa shape index (κ2) is 6.18. The van der Waals surface area contributed by atoms with E-state index in [9.17, 15) is 4.79 Å². The van der Waals surface area contributed by atoms with Crippen LogP contribution in [0, 0.1) is 0 Å². The Morgan fingerprint density at radius 1 is 1.35 bits per heavy atom. The fraction of sp³-hybridized carbons (Fsp3) is 0.375. The molecule has 20 heavy (non-hydrogen) atoms. The largest absolute Gasteiger partial charge is 0.334 e. The van der Waals surface area contributed by atoms with E-state index in [2.05, 4.69) is 16.4 Å². The number of carbonyl (C=O) groups is 1. The highest BCUT2D eigenvalue weighted by atomic mass is 32.1. The van der Waals surface area contributed by atoms with Crippen molar-refractivity contribution in [3.63, 3.8) is 0 Å². The van der Waals surface area contributed by atoms with E-state index in [0.29, 0.717) is 6.42 Å². The van der Waals surface area contributed by atoms with Crippen LogP contribution in [0.3, 0.4) is 0 Å². The van der Waals surface area contributed by atoms with Crippen molar-refractivity contribution in [3.05, 3.63) is 52.5 Å².